The molecule has 18 heavy (non-hydrogen) atoms. The normalized spacial score (nSPS) is 16.8. The minimum absolute atomic E-state index is 0.114. The molecule has 0 amide bonds. The van der Waals surface area contributed by atoms with Crippen LogP contribution >= 0.6 is 0 Å². The van der Waals surface area contributed by atoms with Crippen LogP contribution in [0.3, 0.4) is 0 Å². The second-order valence-corrected chi connectivity index (χ2v) is 4.93. The quantitative estimate of drug-likeness (QED) is 0.768. The Balaban J connectivity index is 3.07. The molecule has 1 N–H and O–H groups in total. The van der Waals surface area contributed by atoms with E-state index in [0.29, 0.717) is 6.04 Å². The van der Waals surface area contributed by atoms with E-state index in [0.717, 1.165) is 26.1 Å². The first-order chi connectivity index (χ1) is 8.63. The molecule has 0 aliphatic heterocycles. The average Bonchev–Trinajstić information content (AvgIpc) is 2.90. The van der Waals surface area contributed by atoms with Gasteiger partial charge in [0.25, 0.3) is 0 Å². The summed E-state index contributed by atoms with van der Waals surface area (Å²) < 4.78 is 5.27. The zero-order valence-corrected chi connectivity index (χ0v) is 12.5. The van der Waals surface area contributed by atoms with E-state index in [1.807, 2.05) is 6.26 Å². The standard InChI is InChI=1S/C15H28N2O/c1-6-15(5,17(8-3)9-4)14(16-7-2)13-10-11-18-12-13/h10-12,14,16H,6-9H2,1-5H3. The van der Waals surface area contributed by atoms with Crippen LogP contribution in [0.4, 0.5) is 0 Å². The molecule has 1 aromatic heterocycles. The third-order valence-corrected chi connectivity index (χ3v) is 4.11. The SMILES string of the molecule is CCNC(c1ccoc1)C(C)(CC)N(CC)CC. The van der Waals surface area contributed by atoms with Gasteiger partial charge < -0.3 is 9.73 Å². The molecule has 0 radical (unpaired) electrons. The van der Waals surface area contributed by atoms with Crippen molar-refractivity contribution >= 4 is 0 Å². The summed E-state index contributed by atoms with van der Waals surface area (Å²) >= 11 is 0. The summed E-state index contributed by atoms with van der Waals surface area (Å²) in [5.74, 6) is 0. The predicted octanol–water partition coefficient (Wildman–Crippen LogP) is 3.44. The molecule has 0 spiro atoms. The summed E-state index contributed by atoms with van der Waals surface area (Å²) in [5, 5.41) is 3.62. The van der Waals surface area contributed by atoms with Crippen LogP contribution in [0.15, 0.2) is 23.0 Å². The lowest BCUT2D eigenvalue weighted by molar-refractivity contribution is 0.0702. The van der Waals surface area contributed by atoms with Crippen molar-refractivity contribution in [3.63, 3.8) is 0 Å². The fraction of sp³-hybridized carbons (Fsp3) is 0.733. The summed E-state index contributed by atoms with van der Waals surface area (Å²) in [4.78, 5) is 2.54. The fourth-order valence-corrected chi connectivity index (χ4v) is 2.90. The summed E-state index contributed by atoms with van der Waals surface area (Å²) in [6.45, 7) is 14.3. The Morgan fingerprint density at radius 1 is 1.28 bits per heavy atom. The second kappa shape index (κ2) is 6.95. The van der Waals surface area contributed by atoms with Crippen molar-refractivity contribution in [3.8, 4) is 0 Å². The van der Waals surface area contributed by atoms with Gasteiger partial charge in [0.05, 0.1) is 18.6 Å². The molecule has 0 aliphatic rings. The van der Waals surface area contributed by atoms with Gasteiger partial charge >= 0.3 is 0 Å². The van der Waals surface area contributed by atoms with Crippen LogP contribution in [0.5, 0.6) is 0 Å². The summed E-state index contributed by atoms with van der Waals surface area (Å²) in [5.41, 5.74) is 1.36. The van der Waals surface area contributed by atoms with E-state index in [9.17, 15) is 0 Å². The first kappa shape index (κ1) is 15.3. The Labute approximate surface area is 112 Å². The number of nitrogens with one attached hydrogen (secondary N) is 1. The Morgan fingerprint density at radius 2 is 1.94 bits per heavy atom. The van der Waals surface area contributed by atoms with Crippen molar-refractivity contribution in [3.05, 3.63) is 24.2 Å². The van der Waals surface area contributed by atoms with Crippen molar-refractivity contribution in [1.29, 1.82) is 0 Å². The zero-order chi connectivity index (χ0) is 13.6. The van der Waals surface area contributed by atoms with Gasteiger partial charge in [-0.25, -0.2) is 0 Å². The minimum atomic E-state index is 0.114. The molecule has 1 aromatic rings. The third-order valence-electron chi connectivity index (χ3n) is 4.11. The molecule has 0 fully saturated rings. The number of nitrogens with zero attached hydrogens (tertiary/aromatic N) is 1. The highest BCUT2D eigenvalue weighted by Gasteiger charge is 2.37. The Hall–Kier alpha value is -0.800. The van der Waals surface area contributed by atoms with Gasteiger partial charge in [0, 0.05) is 11.1 Å². The third kappa shape index (κ3) is 2.96. The molecule has 2 atom stereocenters. The van der Waals surface area contributed by atoms with Crippen LogP contribution in [0.25, 0.3) is 0 Å². The van der Waals surface area contributed by atoms with E-state index in [1.54, 1.807) is 6.26 Å². The predicted molar refractivity (Wildman–Crippen MR) is 76.7 cm³/mol. The van der Waals surface area contributed by atoms with Crippen molar-refractivity contribution < 1.29 is 4.42 Å². The molecule has 0 saturated heterocycles. The second-order valence-electron chi connectivity index (χ2n) is 4.93. The smallest absolute Gasteiger partial charge is 0.0951 e. The van der Waals surface area contributed by atoms with E-state index < -0.39 is 0 Å². The van der Waals surface area contributed by atoms with Gasteiger partial charge in [-0.1, -0.05) is 27.7 Å². The number of hydrogen-bond acceptors (Lipinski definition) is 3. The maximum atomic E-state index is 5.27. The average molecular weight is 252 g/mol. The molecule has 1 rings (SSSR count). The van der Waals surface area contributed by atoms with Gasteiger partial charge in [-0.2, -0.15) is 0 Å². The lowest BCUT2D eigenvalue weighted by atomic mass is 9.83. The highest BCUT2D eigenvalue weighted by molar-refractivity contribution is 5.18. The van der Waals surface area contributed by atoms with Crippen molar-refractivity contribution in [2.24, 2.45) is 0 Å². The van der Waals surface area contributed by atoms with Gasteiger partial charge in [0.15, 0.2) is 0 Å². The fourth-order valence-electron chi connectivity index (χ4n) is 2.90. The number of rotatable bonds is 8. The lowest BCUT2D eigenvalue weighted by Crippen LogP contribution is -2.54. The maximum Gasteiger partial charge on any atom is 0.0951 e. The number of furan rings is 1. The summed E-state index contributed by atoms with van der Waals surface area (Å²) in [6, 6.07) is 2.39. The number of likely N-dealkylation sites (N-methyl/N-ethyl adjacent to an activating group) is 2. The molecule has 0 aliphatic carbocycles. The van der Waals surface area contributed by atoms with Gasteiger partial charge in [-0.05, 0) is 39.0 Å². The Bertz CT molecular complexity index is 319. The first-order valence-electron chi connectivity index (χ1n) is 7.14. The lowest BCUT2D eigenvalue weighted by Gasteiger charge is -2.45. The van der Waals surface area contributed by atoms with Crippen molar-refractivity contribution in [2.45, 2.75) is 52.6 Å². The molecule has 0 saturated carbocycles. The number of hydrogen-bond donors (Lipinski definition) is 1. The molecule has 3 heteroatoms. The van der Waals surface area contributed by atoms with Crippen LogP contribution in [0.2, 0.25) is 0 Å². The molecule has 0 bridgehead atoms. The summed E-state index contributed by atoms with van der Waals surface area (Å²) in [7, 11) is 0. The monoisotopic (exact) mass is 252 g/mol. The molecule has 2 unspecified atom stereocenters. The molecule has 0 aromatic carbocycles. The van der Waals surface area contributed by atoms with Crippen LogP contribution in [0.1, 0.15) is 52.6 Å². The molecule has 3 nitrogen and oxygen atoms in total. The van der Waals surface area contributed by atoms with Crippen LogP contribution < -0.4 is 5.32 Å². The van der Waals surface area contributed by atoms with E-state index in [-0.39, 0.29) is 5.54 Å². The van der Waals surface area contributed by atoms with E-state index in [4.69, 9.17) is 4.42 Å². The van der Waals surface area contributed by atoms with Gasteiger partial charge in [-0.15, -0.1) is 0 Å². The summed E-state index contributed by atoms with van der Waals surface area (Å²) in [6.07, 6.45) is 4.74. The zero-order valence-electron chi connectivity index (χ0n) is 12.5. The molecular formula is C15H28N2O. The van der Waals surface area contributed by atoms with Crippen LogP contribution in [0, 0.1) is 0 Å². The van der Waals surface area contributed by atoms with Crippen molar-refractivity contribution in [1.82, 2.24) is 10.2 Å². The molecular weight excluding hydrogens is 224 g/mol. The topological polar surface area (TPSA) is 28.4 Å². The Kier molecular flexibility index (Phi) is 5.89. The minimum Gasteiger partial charge on any atom is -0.472 e. The van der Waals surface area contributed by atoms with Gasteiger partial charge in [0.2, 0.25) is 0 Å². The Morgan fingerprint density at radius 3 is 2.33 bits per heavy atom. The van der Waals surface area contributed by atoms with Crippen molar-refractivity contribution in [2.75, 3.05) is 19.6 Å². The first-order valence-corrected chi connectivity index (χ1v) is 7.14. The molecule has 1 heterocycles. The van der Waals surface area contributed by atoms with Gasteiger partial charge in [0.1, 0.15) is 0 Å². The largest absolute Gasteiger partial charge is 0.472 e. The highest BCUT2D eigenvalue weighted by Crippen LogP contribution is 2.34. The maximum absolute atomic E-state index is 5.27. The van der Waals surface area contributed by atoms with E-state index >= 15 is 0 Å². The van der Waals surface area contributed by atoms with Crippen LogP contribution in [-0.2, 0) is 0 Å². The van der Waals surface area contributed by atoms with Crippen LogP contribution in [-0.4, -0.2) is 30.1 Å². The van der Waals surface area contributed by atoms with E-state index in [2.05, 4.69) is 50.9 Å². The van der Waals surface area contributed by atoms with Gasteiger partial charge in [-0.3, -0.25) is 4.90 Å². The van der Waals surface area contributed by atoms with E-state index in [1.165, 1.54) is 5.56 Å². The molecule has 104 valence electrons. The highest BCUT2D eigenvalue weighted by atomic mass is 16.3.